The zero-order valence-corrected chi connectivity index (χ0v) is 13.4. The lowest BCUT2D eigenvalue weighted by Gasteiger charge is -2.18. The number of phenols is 1. The van der Waals surface area contributed by atoms with Gasteiger partial charge in [-0.05, 0) is 43.1 Å². The number of aromatic nitrogens is 2. The number of halogens is 1. The molecule has 0 aliphatic rings. The van der Waals surface area contributed by atoms with Crippen LogP contribution in [0.1, 0.15) is 30.5 Å². The highest BCUT2D eigenvalue weighted by Crippen LogP contribution is 2.29. The molecular weight excluding hydrogens is 318 g/mol. The molecule has 0 saturated heterocycles. The lowest BCUT2D eigenvalue weighted by molar-refractivity contribution is 0.442. The first-order chi connectivity index (χ1) is 9.60. The molecule has 2 aromatic rings. The van der Waals surface area contributed by atoms with Gasteiger partial charge >= 0.3 is 0 Å². The van der Waals surface area contributed by atoms with Crippen molar-refractivity contribution in [1.29, 1.82) is 0 Å². The number of hydrogen-bond donors (Lipinski definition) is 2. The molecule has 1 atom stereocenters. The Kier molecular flexibility index (Phi) is 5.20. The number of aryl methyl sites for hydroxylation is 1. The second-order valence-electron chi connectivity index (χ2n) is 4.89. The van der Waals surface area contributed by atoms with Gasteiger partial charge in [0.05, 0.1) is 6.20 Å². The first-order valence-corrected chi connectivity index (χ1v) is 7.58. The van der Waals surface area contributed by atoms with E-state index >= 15 is 0 Å². The van der Waals surface area contributed by atoms with Crippen molar-refractivity contribution in [3.63, 3.8) is 0 Å². The van der Waals surface area contributed by atoms with Gasteiger partial charge in [-0.3, -0.25) is 4.68 Å². The summed E-state index contributed by atoms with van der Waals surface area (Å²) < 4.78 is 2.80. The molecule has 0 spiro atoms. The first-order valence-electron chi connectivity index (χ1n) is 6.79. The van der Waals surface area contributed by atoms with Crippen LogP contribution in [0.3, 0.4) is 0 Å². The highest BCUT2D eigenvalue weighted by atomic mass is 79.9. The van der Waals surface area contributed by atoms with Crippen molar-refractivity contribution in [3.8, 4) is 5.75 Å². The van der Waals surface area contributed by atoms with E-state index in [0.717, 1.165) is 29.4 Å². The maximum Gasteiger partial charge on any atom is 0.120 e. The van der Waals surface area contributed by atoms with Crippen LogP contribution in [0.4, 0.5) is 0 Å². The minimum Gasteiger partial charge on any atom is -0.508 e. The van der Waals surface area contributed by atoms with Crippen LogP contribution in [0.2, 0.25) is 0 Å². The third kappa shape index (κ3) is 3.84. The molecule has 0 aliphatic carbocycles. The molecule has 0 amide bonds. The van der Waals surface area contributed by atoms with Gasteiger partial charge in [-0.15, -0.1) is 0 Å². The predicted molar refractivity (Wildman–Crippen MR) is 83.8 cm³/mol. The molecule has 1 aromatic carbocycles. The monoisotopic (exact) mass is 337 g/mol. The van der Waals surface area contributed by atoms with Crippen molar-refractivity contribution in [2.75, 3.05) is 6.54 Å². The van der Waals surface area contributed by atoms with Crippen LogP contribution in [0, 0.1) is 0 Å². The summed E-state index contributed by atoms with van der Waals surface area (Å²) in [6, 6.07) is 5.70. The molecule has 0 aliphatic heterocycles. The highest BCUT2D eigenvalue weighted by Gasteiger charge is 2.13. The molecular formula is C15H20BrN3O. The molecule has 0 saturated carbocycles. The molecule has 0 bridgehead atoms. The molecule has 2 N–H and O–H groups in total. The Balaban J connectivity index is 1.96. The Morgan fingerprint density at radius 3 is 2.90 bits per heavy atom. The third-order valence-electron chi connectivity index (χ3n) is 3.34. The molecule has 0 radical (unpaired) electrons. The number of rotatable bonds is 6. The Bertz CT molecular complexity index is 568. The van der Waals surface area contributed by atoms with Crippen molar-refractivity contribution in [1.82, 2.24) is 15.1 Å². The lowest BCUT2D eigenvalue weighted by Crippen LogP contribution is -2.23. The number of nitrogens with one attached hydrogen (secondary N) is 1. The van der Waals surface area contributed by atoms with E-state index < -0.39 is 0 Å². The molecule has 5 heteroatoms. The van der Waals surface area contributed by atoms with Gasteiger partial charge in [-0.1, -0.05) is 22.9 Å². The number of hydrogen-bond acceptors (Lipinski definition) is 3. The van der Waals surface area contributed by atoms with Crippen molar-refractivity contribution in [3.05, 3.63) is 46.2 Å². The molecule has 2 rings (SSSR count). The normalized spacial score (nSPS) is 12.6. The Hall–Kier alpha value is -1.33. The van der Waals surface area contributed by atoms with Crippen LogP contribution in [0.5, 0.6) is 5.75 Å². The Labute approximate surface area is 127 Å². The predicted octanol–water partition coefficient (Wildman–Crippen LogP) is 3.17. The van der Waals surface area contributed by atoms with Gasteiger partial charge < -0.3 is 10.4 Å². The SMILES string of the molecule is CCC(NCCc1cnn(C)c1)c1cc(Br)ccc1O. The summed E-state index contributed by atoms with van der Waals surface area (Å²) in [5.41, 5.74) is 2.15. The summed E-state index contributed by atoms with van der Waals surface area (Å²) in [6.07, 6.45) is 5.77. The van der Waals surface area contributed by atoms with Gasteiger partial charge in [0, 0.05) is 29.3 Å². The van der Waals surface area contributed by atoms with Crippen LogP contribution in [-0.4, -0.2) is 21.4 Å². The second-order valence-corrected chi connectivity index (χ2v) is 5.81. The fourth-order valence-electron chi connectivity index (χ4n) is 2.27. The minimum atomic E-state index is 0.157. The standard InChI is InChI=1S/C15H20BrN3O/c1-3-14(13-8-12(16)4-5-15(13)20)17-7-6-11-9-18-19(2)10-11/h4-5,8-10,14,17,20H,3,6-7H2,1-2H3. The van der Waals surface area contributed by atoms with Crippen molar-refractivity contribution in [2.45, 2.75) is 25.8 Å². The van der Waals surface area contributed by atoms with Crippen molar-refractivity contribution in [2.24, 2.45) is 7.05 Å². The van der Waals surface area contributed by atoms with E-state index in [2.05, 4.69) is 33.3 Å². The van der Waals surface area contributed by atoms with Crippen LogP contribution in [0.25, 0.3) is 0 Å². The van der Waals surface area contributed by atoms with Crippen LogP contribution < -0.4 is 5.32 Å². The van der Waals surface area contributed by atoms with Gasteiger partial charge in [0.2, 0.25) is 0 Å². The quantitative estimate of drug-likeness (QED) is 0.851. The smallest absolute Gasteiger partial charge is 0.120 e. The number of nitrogens with zero attached hydrogens (tertiary/aromatic N) is 2. The van der Waals surface area contributed by atoms with E-state index in [4.69, 9.17) is 0 Å². The van der Waals surface area contributed by atoms with Crippen molar-refractivity contribution < 1.29 is 5.11 Å². The summed E-state index contributed by atoms with van der Waals surface area (Å²) in [7, 11) is 1.92. The summed E-state index contributed by atoms with van der Waals surface area (Å²) in [5, 5.41) is 17.6. The summed E-state index contributed by atoms with van der Waals surface area (Å²) >= 11 is 3.45. The van der Waals surface area contributed by atoms with E-state index in [-0.39, 0.29) is 6.04 Å². The Morgan fingerprint density at radius 1 is 1.45 bits per heavy atom. The number of aromatic hydroxyl groups is 1. The second kappa shape index (κ2) is 6.90. The fourth-order valence-corrected chi connectivity index (χ4v) is 2.65. The summed E-state index contributed by atoms with van der Waals surface area (Å²) in [5.74, 6) is 0.342. The zero-order chi connectivity index (χ0) is 14.5. The highest BCUT2D eigenvalue weighted by molar-refractivity contribution is 9.10. The maximum absolute atomic E-state index is 9.98. The van der Waals surface area contributed by atoms with E-state index in [1.165, 1.54) is 5.56 Å². The maximum atomic E-state index is 9.98. The van der Waals surface area contributed by atoms with Crippen LogP contribution in [0.15, 0.2) is 35.1 Å². The molecule has 4 nitrogen and oxygen atoms in total. The zero-order valence-electron chi connectivity index (χ0n) is 11.8. The average Bonchev–Trinajstić information content (AvgIpc) is 2.84. The van der Waals surface area contributed by atoms with Crippen LogP contribution >= 0.6 is 15.9 Å². The Morgan fingerprint density at radius 2 is 2.25 bits per heavy atom. The van der Waals surface area contributed by atoms with E-state index in [1.807, 2.05) is 36.3 Å². The largest absolute Gasteiger partial charge is 0.508 e. The minimum absolute atomic E-state index is 0.157. The molecule has 1 unspecified atom stereocenters. The number of phenolic OH excluding ortho intramolecular Hbond substituents is 1. The van der Waals surface area contributed by atoms with Gasteiger partial charge in [0.25, 0.3) is 0 Å². The van der Waals surface area contributed by atoms with E-state index in [0.29, 0.717) is 5.75 Å². The summed E-state index contributed by atoms with van der Waals surface area (Å²) in [6.45, 7) is 2.97. The van der Waals surface area contributed by atoms with Crippen molar-refractivity contribution >= 4 is 15.9 Å². The van der Waals surface area contributed by atoms with Gasteiger partial charge in [-0.25, -0.2) is 0 Å². The van der Waals surface area contributed by atoms with Gasteiger partial charge in [0.15, 0.2) is 0 Å². The first kappa shape index (κ1) is 15.1. The van der Waals surface area contributed by atoms with E-state index in [9.17, 15) is 5.11 Å². The number of benzene rings is 1. The summed E-state index contributed by atoms with van der Waals surface area (Å²) in [4.78, 5) is 0. The van der Waals surface area contributed by atoms with E-state index in [1.54, 1.807) is 6.07 Å². The lowest BCUT2D eigenvalue weighted by atomic mass is 10.0. The molecule has 0 fully saturated rings. The topological polar surface area (TPSA) is 50.1 Å². The average molecular weight is 338 g/mol. The third-order valence-corrected chi connectivity index (χ3v) is 3.83. The molecule has 1 aromatic heterocycles. The molecule has 1 heterocycles. The fraction of sp³-hybridized carbons (Fsp3) is 0.400. The molecule has 108 valence electrons. The van der Waals surface area contributed by atoms with Crippen LogP contribution in [-0.2, 0) is 13.5 Å². The van der Waals surface area contributed by atoms with Gasteiger partial charge in [-0.2, -0.15) is 5.10 Å². The molecule has 20 heavy (non-hydrogen) atoms. The van der Waals surface area contributed by atoms with Gasteiger partial charge in [0.1, 0.15) is 5.75 Å².